The summed E-state index contributed by atoms with van der Waals surface area (Å²) in [4.78, 5) is 11.4. The van der Waals surface area contributed by atoms with Crippen LogP contribution in [0, 0.1) is 0 Å². The SMILES string of the molecule is NC(=O)c1c(Cl)cccc1NCC1CCCCN1. The maximum absolute atomic E-state index is 11.4. The van der Waals surface area contributed by atoms with E-state index in [0.29, 0.717) is 22.3 Å². The van der Waals surface area contributed by atoms with E-state index in [4.69, 9.17) is 17.3 Å². The summed E-state index contributed by atoms with van der Waals surface area (Å²) >= 11 is 5.99. The Hall–Kier alpha value is -1.26. The average molecular weight is 268 g/mol. The number of hydrogen-bond donors (Lipinski definition) is 3. The van der Waals surface area contributed by atoms with Gasteiger partial charge < -0.3 is 16.4 Å². The first-order valence-electron chi connectivity index (χ1n) is 6.24. The van der Waals surface area contributed by atoms with Crippen LogP contribution in [-0.4, -0.2) is 25.0 Å². The highest BCUT2D eigenvalue weighted by molar-refractivity contribution is 6.34. The van der Waals surface area contributed by atoms with Crippen molar-refractivity contribution in [1.29, 1.82) is 0 Å². The largest absolute Gasteiger partial charge is 0.383 e. The molecule has 1 unspecified atom stereocenters. The first-order chi connectivity index (χ1) is 8.68. The van der Waals surface area contributed by atoms with Crippen molar-refractivity contribution in [3.05, 3.63) is 28.8 Å². The third kappa shape index (κ3) is 3.15. The van der Waals surface area contributed by atoms with E-state index in [2.05, 4.69) is 10.6 Å². The van der Waals surface area contributed by atoms with E-state index < -0.39 is 5.91 Å². The number of piperidine rings is 1. The molecule has 0 radical (unpaired) electrons. The maximum Gasteiger partial charge on any atom is 0.252 e. The molecule has 1 aliphatic heterocycles. The molecule has 0 aliphatic carbocycles. The van der Waals surface area contributed by atoms with Gasteiger partial charge in [-0.3, -0.25) is 4.79 Å². The molecule has 1 aliphatic rings. The Balaban J connectivity index is 2.04. The molecule has 18 heavy (non-hydrogen) atoms. The van der Waals surface area contributed by atoms with Gasteiger partial charge in [0, 0.05) is 18.3 Å². The van der Waals surface area contributed by atoms with Crippen molar-refractivity contribution in [3.8, 4) is 0 Å². The van der Waals surface area contributed by atoms with Crippen molar-refractivity contribution in [3.63, 3.8) is 0 Å². The van der Waals surface area contributed by atoms with Crippen LogP contribution in [0.4, 0.5) is 5.69 Å². The quantitative estimate of drug-likeness (QED) is 0.782. The molecule has 0 aromatic heterocycles. The van der Waals surface area contributed by atoms with Crippen molar-refractivity contribution in [2.24, 2.45) is 5.73 Å². The van der Waals surface area contributed by atoms with Crippen molar-refractivity contribution in [1.82, 2.24) is 5.32 Å². The number of primary amides is 1. The summed E-state index contributed by atoms with van der Waals surface area (Å²) in [5.74, 6) is -0.500. The predicted molar refractivity (Wildman–Crippen MR) is 74.1 cm³/mol. The summed E-state index contributed by atoms with van der Waals surface area (Å²) in [6.07, 6.45) is 3.64. The zero-order chi connectivity index (χ0) is 13.0. The average Bonchev–Trinajstić information content (AvgIpc) is 2.37. The summed E-state index contributed by atoms with van der Waals surface area (Å²) in [5.41, 5.74) is 6.43. The molecule has 4 nitrogen and oxygen atoms in total. The van der Waals surface area contributed by atoms with E-state index in [1.807, 2.05) is 12.1 Å². The minimum atomic E-state index is -0.500. The van der Waals surface area contributed by atoms with Gasteiger partial charge in [0.2, 0.25) is 0 Å². The zero-order valence-corrected chi connectivity index (χ0v) is 11.0. The number of benzene rings is 1. The van der Waals surface area contributed by atoms with Crippen molar-refractivity contribution < 1.29 is 4.79 Å². The Morgan fingerprint density at radius 2 is 2.33 bits per heavy atom. The van der Waals surface area contributed by atoms with Gasteiger partial charge in [-0.25, -0.2) is 0 Å². The Labute approximate surface area is 112 Å². The van der Waals surface area contributed by atoms with Crippen LogP contribution in [0.1, 0.15) is 29.6 Å². The molecule has 0 bridgehead atoms. The van der Waals surface area contributed by atoms with E-state index in [1.165, 1.54) is 12.8 Å². The Kier molecular flexibility index (Phi) is 4.44. The standard InChI is InChI=1S/C13H18ClN3O/c14-10-5-3-6-11(12(10)13(15)18)17-8-9-4-1-2-7-16-9/h3,5-6,9,16-17H,1-2,4,7-8H2,(H2,15,18). The number of hydrogen-bond acceptors (Lipinski definition) is 3. The van der Waals surface area contributed by atoms with Crippen LogP contribution in [0.15, 0.2) is 18.2 Å². The molecule has 0 saturated carbocycles. The zero-order valence-electron chi connectivity index (χ0n) is 10.2. The topological polar surface area (TPSA) is 67.2 Å². The lowest BCUT2D eigenvalue weighted by molar-refractivity contribution is 0.100. The van der Waals surface area contributed by atoms with E-state index in [1.54, 1.807) is 6.07 Å². The highest BCUT2D eigenvalue weighted by atomic mass is 35.5. The molecular weight excluding hydrogens is 250 g/mol. The summed E-state index contributed by atoms with van der Waals surface area (Å²) in [5, 5.41) is 7.09. The van der Waals surface area contributed by atoms with Gasteiger partial charge in [0.15, 0.2) is 0 Å². The smallest absolute Gasteiger partial charge is 0.252 e. The first-order valence-corrected chi connectivity index (χ1v) is 6.62. The minimum Gasteiger partial charge on any atom is -0.383 e. The van der Waals surface area contributed by atoms with Gasteiger partial charge in [0.05, 0.1) is 10.6 Å². The molecule has 1 saturated heterocycles. The van der Waals surface area contributed by atoms with Gasteiger partial charge in [-0.1, -0.05) is 24.1 Å². The fourth-order valence-electron chi connectivity index (χ4n) is 2.25. The number of nitrogens with two attached hydrogens (primary N) is 1. The molecular formula is C13H18ClN3O. The lowest BCUT2D eigenvalue weighted by Crippen LogP contribution is -2.39. The number of nitrogens with one attached hydrogen (secondary N) is 2. The molecule has 1 amide bonds. The Bertz CT molecular complexity index is 430. The van der Waals surface area contributed by atoms with Gasteiger partial charge >= 0.3 is 0 Å². The van der Waals surface area contributed by atoms with E-state index in [-0.39, 0.29) is 0 Å². The van der Waals surface area contributed by atoms with Crippen LogP contribution in [0.3, 0.4) is 0 Å². The monoisotopic (exact) mass is 267 g/mol. The van der Waals surface area contributed by atoms with Crippen molar-refractivity contribution in [2.45, 2.75) is 25.3 Å². The van der Waals surface area contributed by atoms with E-state index in [9.17, 15) is 4.79 Å². The molecule has 0 spiro atoms. The summed E-state index contributed by atoms with van der Waals surface area (Å²) in [6, 6.07) is 5.75. The molecule has 4 N–H and O–H groups in total. The fourth-order valence-corrected chi connectivity index (χ4v) is 2.52. The van der Waals surface area contributed by atoms with Crippen LogP contribution in [0.5, 0.6) is 0 Å². The number of carbonyl (C=O) groups excluding carboxylic acids is 1. The Morgan fingerprint density at radius 3 is 3.00 bits per heavy atom. The first kappa shape index (κ1) is 13.2. The van der Waals surface area contributed by atoms with Gasteiger partial charge in [-0.15, -0.1) is 0 Å². The second-order valence-corrected chi connectivity index (χ2v) is 4.96. The number of anilines is 1. The maximum atomic E-state index is 11.4. The van der Waals surface area contributed by atoms with Crippen molar-refractivity contribution >= 4 is 23.2 Å². The number of halogens is 1. The summed E-state index contributed by atoms with van der Waals surface area (Å²) in [7, 11) is 0. The van der Waals surface area contributed by atoms with E-state index >= 15 is 0 Å². The normalized spacial score (nSPS) is 19.5. The second kappa shape index (κ2) is 6.07. The fraction of sp³-hybridized carbons (Fsp3) is 0.462. The van der Waals surface area contributed by atoms with E-state index in [0.717, 1.165) is 19.5 Å². The van der Waals surface area contributed by atoms with Crippen LogP contribution >= 0.6 is 11.6 Å². The molecule has 1 aromatic rings. The highest BCUT2D eigenvalue weighted by Gasteiger charge is 2.15. The lowest BCUT2D eigenvalue weighted by atomic mass is 10.0. The third-order valence-electron chi connectivity index (χ3n) is 3.21. The molecule has 98 valence electrons. The second-order valence-electron chi connectivity index (χ2n) is 4.55. The van der Waals surface area contributed by atoms with Crippen LogP contribution in [-0.2, 0) is 0 Å². The van der Waals surface area contributed by atoms with Crippen LogP contribution in [0.25, 0.3) is 0 Å². The van der Waals surface area contributed by atoms with Crippen LogP contribution in [0.2, 0.25) is 5.02 Å². The molecule has 1 heterocycles. The van der Waals surface area contributed by atoms with Gasteiger partial charge in [0.25, 0.3) is 5.91 Å². The van der Waals surface area contributed by atoms with Crippen LogP contribution < -0.4 is 16.4 Å². The summed E-state index contributed by atoms with van der Waals surface area (Å²) in [6.45, 7) is 1.84. The number of rotatable bonds is 4. The molecule has 5 heteroatoms. The van der Waals surface area contributed by atoms with Gasteiger partial charge in [-0.05, 0) is 31.5 Å². The number of amides is 1. The van der Waals surface area contributed by atoms with Gasteiger partial charge in [0.1, 0.15) is 0 Å². The predicted octanol–water partition coefficient (Wildman–Crippen LogP) is 1.99. The molecule has 2 rings (SSSR count). The third-order valence-corrected chi connectivity index (χ3v) is 3.53. The lowest BCUT2D eigenvalue weighted by Gasteiger charge is -2.24. The molecule has 1 atom stereocenters. The highest BCUT2D eigenvalue weighted by Crippen LogP contribution is 2.24. The van der Waals surface area contributed by atoms with Crippen molar-refractivity contribution in [2.75, 3.05) is 18.4 Å². The van der Waals surface area contributed by atoms with Gasteiger partial charge in [-0.2, -0.15) is 0 Å². The number of carbonyl (C=O) groups is 1. The minimum absolute atomic E-state index is 0.370. The summed E-state index contributed by atoms with van der Waals surface area (Å²) < 4.78 is 0. The molecule has 1 aromatic carbocycles. The Morgan fingerprint density at radius 1 is 1.50 bits per heavy atom. The molecule has 1 fully saturated rings.